The predicted molar refractivity (Wildman–Crippen MR) is 99.3 cm³/mol. The van der Waals surface area contributed by atoms with E-state index in [1.54, 1.807) is 11.1 Å². The molecule has 0 N–H and O–H groups in total. The molecule has 0 aromatic rings. The van der Waals surface area contributed by atoms with Crippen molar-refractivity contribution in [1.29, 1.82) is 0 Å². The Morgan fingerprint density at radius 1 is 1.04 bits per heavy atom. The van der Waals surface area contributed by atoms with Crippen LogP contribution in [0.5, 0.6) is 0 Å². The van der Waals surface area contributed by atoms with Crippen molar-refractivity contribution < 1.29 is 14.2 Å². The summed E-state index contributed by atoms with van der Waals surface area (Å²) >= 11 is 0. The van der Waals surface area contributed by atoms with E-state index in [0.717, 1.165) is 32.5 Å². The Kier molecular flexibility index (Phi) is 4.41. The van der Waals surface area contributed by atoms with Gasteiger partial charge in [0.2, 0.25) is 0 Å². The van der Waals surface area contributed by atoms with Gasteiger partial charge in [-0.25, -0.2) is 0 Å². The van der Waals surface area contributed by atoms with Gasteiger partial charge in [-0.15, -0.1) is 0 Å². The molecule has 2 fully saturated rings. The number of fused-ring (bicyclic) bond motifs is 1. The molecule has 3 heteroatoms. The molecule has 4 rings (SSSR count). The predicted octanol–water partition coefficient (Wildman–Crippen LogP) is 5.16. The zero-order valence-corrected chi connectivity index (χ0v) is 16.4. The van der Waals surface area contributed by atoms with Gasteiger partial charge in [0.05, 0.1) is 24.9 Å². The van der Waals surface area contributed by atoms with Crippen LogP contribution in [0.1, 0.15) is 72.6 Å². The summed E-state index contributed by atoms with van der Waals surface area (Å²) in [6, 6.07) is 0. The highest BCUT2D eigenvalue weighted by Gasteiger charge is 2.49. The Bertz CT molecular complexity index is 577. The van der Waals surface area contributed by atoms with Crippen LogP contribution in [-0.4, -0.2) is 30.7 Å². The molecular formula is C22H34O3. The van der Waals surface area contributed by atoms with Crippen molar-refractivity contribution in [1.82, 2.24) is 0 Å². The van der Waals surface area contributed by atoms with Crippen LogP contribution in [0.15, 0.2) is 23.3 Å². The number of hydrogen-bond donors (Lipinski definition) is 0. The Balaban J connectivity index is 1.47. The van der Waals surface area contributed by atoms with Crippen LogP contribution >= 0.6 is 0 Å². The Morgan fingerprint density at radius 3 is 2.40 bits per heavy atom. The van der Waals surface area contributed by atoms with Crippen LogP contribution in [0, 0.1) is 11.3 Å². The molecule has 1 heterocycles. The molecule has 0 amide bonds. The third-order valence-electron chi connectivity index (χ3n) is 6.81. The molecular weight excluding hydrogens is 312 g/mol. The minimum absolute atomic E-state index is 0.0476. The molecule has 1 saturated carbocycles. The van der Waals surface area contributed by atoms with Gasteiger partial charge in [-0.3, -0.25) is 0 Å². The molecule has 0 bridgehead atoms. The lowest BCUT2D eigenvalue weighted by molar-refractivity contribution is -0.161. The van der Waals surface area contributed by atoms with E-state index in [4.69, 9.17) is 14.2 Å². The number of rotatable bonds is 2. The summed E-state index contributed by atoms with van der Waals surface area (Å²) in [4.78, 5) is 0. The van der Waals surface area contributed by atoms with Crippen molar-refractivity contribution >= 4 is 0 Å². The molecule has 0 radical (unpaired) electrons. The molecule has 3 aliphatic carbocycles. The maximum Gasteiger partial charge on any atom is 0.172 e. The van der Waals surface area contributed by atoms with Crippen LogP contribution in [0.2, 0.25) is 0 Å². The van der Waals surface area contributed by atoms with Gasteiger partial charge in [0.25, 0.3) is 0 Å². The number of ether oxygens (including phenoxy) is 3. The molecule has 140 valence electrons. The van der Waals surface area contributed by atoms with Gasteiger partial charge in [0.15, 0.2) is 5.79 Å². The minimum atomic E-state index is -0.299. The SMILES string of the molecule is CC(C)(C)O[C@H]1CC[C@H]2C=C(C3=CCC4(CC3)OCCO4)CC[C@@]21C. The topological polar surface area (TPSA) is 27.7 Å². The maximum atomic E-state index is 6.44. The maximum absolute atomic E-state index is 6.44. The number of allylic oxidation sites excluding steroid dienone is 3. The highest BCUT2D eigenvalue weighted by Crippen LogP contribution is 2.54. The monoisotopic (exact) mass is 346 g/mol. The molecule has 0 aromatic heterocycles. The van der Waals surface area contributed by atoms with Gasteiger partial charge in [0, 0.05) is 18.3 Å². The second-order valence-corrected chi connectivity index (χ2v) is 9.64. The Morgan fingerprint density at radius 2 is 1.76 bits per heavy atom. The second-order valence-electron chi connectivity index (χ2n) is 9.64. The quantitative estimate of drug-likeness (QED) is 0.691. The van der Waals surface area contributed by atoms with Crippen LogP contribution in [-0.2, 0) is 14.2 Å². The summed E-state index contributed by atoms with van der Waals surface area (Å²) in [7, 11) is 0. The fraction of sp³-hybridized carbons (Fsp3) is 0.818. The first kappa shape index (κ1) is 17.8. The minimum Gasteiger partial charge on any atom is -0.372 e. The summed E-state index contributed by atoms with van der Waals surface area (Å²) in [5.41, 5.74) is 3.40. The standard InChI is InChI=1S/C22H34O3/c1-20(2,3)25-19-6-5-18-15-17(7-10-21(18,19)4)16-8-11-22(12-9-16)23-13-14-24-22/h8,15,18-19H,5-7,9-14H2,1-4H3/t18-,19-,21-/m0/s1. The lowest BCUT2D eigenvalue weighted by Gasteiger charge is -2.42. The zero-order chi connectivity index (χ0) is 17.7. The van der Waals surface area contributed by atoms with E-state index in [2.05, 4.69) is 39.8 Å². The molecule has 3 nitrogen and oxygen atoms in total. The van der Waals surface area contributed by atoms with E-state index < -0.39 is 0 Å². The highest BCUT2D eigenvalue weighted by molar-refractivity contribution is 5.36. The summed E-state index contributed by atoms with van der Waals surface area (Å²) in [5.74, 6) is 0.367. The molecule has 4 aliphatic rings. The van der Waals surface area contributed by atoms with Crippen molar-refractivity contribution in [3.05, 3.63) is 23.3 Å². The molecule has 1 aliphatic heterocycles. The third kappa shape index (κ3) is 3.36. The average molecular weight is 347 g/mol. The first-order chi connectivity index (χ1) is 11.8. The van der Waals surface area contributed by atoms with Crippen molar-refractivity contribution in [2.24, 2.45) is 11.3 Å². The summed E-state index contributed by atoms with van der Waals surface area (Å²) in [6.45, 7) is 10.5. The van der Waals surface area contributed by atoms with Gasteiger partial charge >= 0.3 is 0 Å². The first-order valence-electron chi connectivity index (χ1n) is 10.2. The second kappa shape index (κ2) is 6.21. The van der Waals surface area contributed by atoms with E-state index in [-0.39, 0.29) is 11.4 Å². The number of hydrogen-bond acceptors (Lipinski definition) is 3. The Hall–Kier alpha value is -0.640. The molecule has 0 unspecified atom stereocenters. The molecule has 0 aromatic carbocycles. The van der Waals surface area contributed by atoms with E-state index >= 15 is 0 Å². The van der Waals surface area contributed by atoms with Crippen LogP contribution < -0.4 is 0 Å². The van der Waals surface area contributed by atoms with Crippen LogP contribution in [0.3, 0.4) is 0 Å². The van der Waals surface area contributed by atoms with E-state index in [0.29, 0.717) is 17.4 Å². The van der Waals surface area contributed by atoms with Crippen molar-refractivity contribution in [2.75, 3.05) is 13.2 Å². The fourth-order valence-electron chi connectivity index (χ4n) is 5.33. The van der Waals surface area contributed by atoms with E-state index in [1.165, 1.54) is 25.7 Å². The van der Waals surface area contributed by atoms with Gasteiger partial charge in [-0.1, -0.05) is 19.1 Å². The highest BCUT2D eigenvalue weighted by atomic mass is 16.7. The van der Waals surface area contributed by atoms with E-state index in [9.17, 15) is 0 Å². The molecule has 1 spiro atoms. The molecule has 1 saturated heterocycles. The van der Waals surface area contributed by atoms with E-state index in [1.807, 2.05) is 0 Å². The van der Waals surface area contributed by atoms with Crippen molar-refractivity contribution in [2.45, 2.75) is 90.1 Å². The van der Waals surface area contributed by atoms with Gasteiger partial charge in [-0.05, 0) is 69.9 Å². The zero-order valence-electron chi connectivity index (χ0n) is 16.4. The van der Waals surface area contributed by atoms with Crippen molar-refractivity contribution in [3.8, 4) is 0 Å². The lowest BCUT2D eigenvalue weighted by Crippen LogP contribution is -2.40. The van der Waals surface area contributed by atoms with Crippen molar-refractivity contribution in [3.63, 3.8) is 0 Å². The average Bonchev–Trinajstić information content (AvgIpc) is 3.12. The molecule has 25 heavy (non-hydrogen) atoms. The third-order valence-corrected chi connectivity index (χ3v) is 6.81. The largest absolute Gasteiger partial charge is 0.372 e. The summed E-state index contributed by atoms with van der Waals surface area (Å²) in [5, 5.41) is 0. The van der Waals surface area contributed by atoms with Crippen LogP contribution in [0.4, 0.5) is 0 Å². The van der Waals surface area contributed by atoms with Gasteiger partial charge in [-0.2, -0.15) is 0 Å². The smallest absolute Gasteiger partial charge is 0.172 e. The summed E-state index contributed by atoms with van der Waals surface area (Å²) < 4.78 is 18.2. The van der Waals surface area contributed by atoms with Crippen LogP contribution in [0.25, 0.3) is 0 Å². The first-order valence-corrected chi connectivity index (χ1v) is 10.2. The normalized spacial score (nSPS) is 37.8. The van der Waals surface area contributed by atoms with Gasteiger partial charge in [0.1, 0.15) is 0 Å². The fourth-order valence-corrected chi connectivity index (χ4v) is 5.33. The summed E-state index contributed by atoms with van der Waals surface area (Å²) in [6.07, 6.45) is 13.3. The van der Waals surface area contributed by atoms with Gasteiger partial charge < -0.3 is 14.2 Å². The Labute approximate surface area is 152 Å². The molecule has 3 atom stereocenters. The lowest BCUT2D eigenvalue weighted by atomic mass is 9.68.